The molecule has 0 bridgehead atoms. The Morgan fingerprint density at radius 2 is 1.72 bits per heavy atom. The van der Waals surface area contributed by atoms with Crippen LogP contribution in [0.25, 0.3) is 10.9 Å². The average molecular weight is 335 g/mol. The van der Waals surface area contributed by atoms with Gasteiger partial charge >= 0.3 is 5.97 Å². The molecule has 0 aliphatic rings. The van der Waals surface area contributed by atoms with Gasteiger partial charge in [0.05, 0.1) is 6.42 Å². The molecule has 0 amide bonds. The van der Waals surface area contributed by atoms with Crippen molar-refractivity contribution in [2.75, 3.05) is 0 Å². The summed E-state index contributed by atoms with van der Waals surface area (Å²) >= 11 is 0. The average Bonchev–Trinajstić information content (AvgIpc) is 2.99. The maximum atomic E-state index is 12.1. The zero-order valence-electron chi connectivity index (χ0n) is 13.7. The van der Waals surface area contributed by atoms with Gasteiger partial charge in [-0.3, -0.25) is 9.59 Å². The summed E-state index contributed by atoms with van der Waals surface area (Å²) in [6, 6.07) is 15.3. The van der Waals surface area contributed by atoms with Crippen LogP contribution in [-0.2, 0) is 16.1 Å². The molecule has 0 radical (unpaired) electrons. The summed E-state index contributed by atoms with van der Waals surface area (Å²) in [4.78, 5) is 34.0. The van der Waals surface area contributed by atoms with Crippen LogP contribution >= 0.6 is 0 Å². The maximum Gasteiger partial charge on any atom is 0.372 e. The fraction of sp³-hybridized carbons (Fsp3) is 0.150. The summed E-state index contributed by atoms with van der Waals surface area (Å²) < 4.78 is 2.02. The second-order valence-electron chi connectivity index (χ2n) is 6.03. The molecule has 1 N–H and O–H groups in total. The Morgan fingerprint density at radius 3 is 2.40 bits per heavy atom. The van der Waals surface area contributed by atoms with Crippen molar-refractivity contribution >= 4 is 28.4 Å². The van der Waals surface area contributed by atoms with Crippen LogP contribution < -0.4 is 0 Å². The molecule has 0 spiro atoms. The summed E-state index contributed by atoms with van der Waals surface area (Å²) in [6.07, 6.45) is 1.32. The lowest BCUT2D eigenvalue weighted by molar-refractivity contribution is -0.148. The summed E-state index contributed by atoms with van der Waals surface area (Å²) in [5.74, 6) is -3.17. The Labute approximate surface area is 144 Å². The van der Waals surface area contributed by atoms with E-state index >= 15 is 0 Å². The zero-order valence-corrected chi connectivity index (χ0v) is 13.7. The molecule has 3 rings (SSSR count). The van der Waals surface area contributed by atoms with Gasteiger partial charge < -0.3 is 9.67 Å². The van der Waals surface area contributed by atoms with Crippen molar-refractivity contribution in [2.24, 2.45) is 0 Å². The largest absolute Gasteiger partial charge is 0.475 e. The smallest absolute Gasteiger partial charge is 0.372 e. The van der Waals surface area contributed by atoms with Crippen LogP contribution in [0.1, 0.15) is 27.9 Å². The highest BCUT2D eigenvalue weighted by Gasteiger charge is 2.18. The number of hydrogen-bond acceptors (Lipinski definition) is 3. The fourth-order valence-electron chi connectivity index (χ4n) is 2.71. The summed E-state index contributed by atoms with van der Waals surface area (Å²) in [5, 5.41) is 9.62. The molecule has 1 aromatic heterocycles. The van der Waals surface area contributed by atoms with E-state index in [1.807, 2.05) is 35.9 Å². The van der Waals surface area contributed by atoms with E-state index in [1.165, 1.54) is 5.56 Å². The number of benzene rings is 2. The minimum Gasteiger partial charge on any atom is -0.475 e. The molecule has 0 saturated heterocycles. The van der Waals surface area contributed by atoms with Crippen molar-refractivity contribution in [2.45, 2.75) is 19.9 Å². The SMILES string of the molecule is Cc1ccc(Cn2ccc3ccc(C(=O)CC(=O)C(=O)O)cc32)cc1. The van der Waals surface area contributed by atoms with Crippen molar-refractivity contribution in [1.29, 1.82) is 0 Å². The number of carboxylic acids is 1. The Morgan fingerprint density at radius 1 is 1.00 bits per heavy atom. The number of aromatic nitrogens is 1. The lowest BCUT2D eigenvalue weighted by Gasteiger charge is -2.07. The highest BCUT2D eigenvalue weighted by molar-refractivity contribution is 6.37. The number of nitrogens with zero attached hydrogens (tertiary/aromatic N) is 1. The lowest BCUT2D eigenvalue weighted by atomic mass is 10.0. The number of Topliss-reactive ketones (excluding diaryl/α,β-unsaturated/α-hetero) is 2. The molecule has 1 heterocycles. The van der Waals surface area contributed by atoms with Crippen LogP contribution in [0.15, 0.2) is 54.7 Å². The standard InChI is InChI=1S/C20H17NO4/c1-13-2-4-14(5-3-13)12-21-9-8-15-6-7-16(10-17(15)21)18(22)11-19(23)20(24)25/h2-10H,11-12H2,1H3,(H,24,25). The molecule has 0 aliphatic carbocycles. The van der Waals surface area contributed by atoms with E-state index in [2.05, 4.69) is 12.1 Å². The molecule has 5 nitrogen and oxygen atoms in total. The van der Waals surface area contributed by atoms with E-state index in [9.17, 15) is 14.4 Å². The van der Waals surface area contributed by atoms with E-state index in [-0.39, 0.29) is 0 Å². The Balaban J connectivity index is 1.89. The summed E-state index contributed by atoms with van der Waals surface area (Å²) in [5.41, 5.74) is 3.54. The summed E-state index contributed by atoms with van der Waals surface area (Å²) in [6.45, 7) is 2.70. The van der Waals surface area contributed by atoms with Gasteiger partial charge in [-0.15, -0.1) is 0 Å². The molecule has 0 aliphatic heterocycles. The molecule has 3 aromatic rings. The number of aryl methyl sites for hydroxylation is 1. The Hall–Kier alpha value is -3.21. The molecule has 0 unspecified atom stereocenters. The van der Waals surface area contributed by atoms with E-state index in [1.54, 1.807) is 18.2 Å². The zero-order chi connectivity index (χ0) is 18.0. The van der Waals surface area contributed by atoms with Crippen molar-refractivity contribution in [3.63, 3.8) is 0 Å². The predicted octanol–water partition coefficient (Wildman–Crippen LogP) is 3.22. The lowest BCUT2D eigenvalue weighted by Crippen LogP contribution is -2.17. The predicted molar refractivity (Wildman–Crippen MR) is 93.8 cm³/mol. The molecule has 0 fully saturated rings. The Bertz CT molecular complexity index is 967. The molecule has 25 heavy (non-hydrogen) atoms. The highest BCUT2D eigenvalue weighted by Crippen LogP contribution is 2.20. The van der Waals surface area contributed by atoms with Gasteiger partial charge in [-0.25, -0.2) is 4.79 Å². The summed E-state index contributed by atoms with van der Waals surface area (Å²) in [7, 11) is 0. The third-order valence-corrected chi connectivity index (χ3v) is 4.13. The van der Waals surface area contributed by atoms with Gasteiger partial charge in [0.1, 0.15) is 0 Å². The van der Waals surface area contributed by atoms with Gasteiger partial charge in [0, 0.05) is 23.8 Å². The van der Waals surface area contributed by atoms with Crippen LogP contribution in [0.5, 0.6) is 0 Å². The van der Waals surface area contributed by atoms with Gasteiger partial charge in [0.2, 0.25) is 5.78 Å². The van der Waals surface area contributed by atoms with Gasteiger partial charge in [-0.1, -0.05) is 42.0 Å². The number of carboxylic acid groups (broad SMARTS) is 1. The first kappa shape index (κ1) is 16.6. The third kappa shape index (κ3) is 3.66. The van der Waals surface area contributed by atoms with Crippen LogP contribution in [0.4, 0.5) is 0 Å². The van der Waals surface area contributed by atoms with Gasteiger partial charge in [-0.05, 0) is 30.0 Å². The van der Waals surface area contributed by atoms with Crippen molar-refractivity contribution in [3.8, 4) is 0 Å². The van der Waals surface area contributed by atoms with Crippen LogP contribution in [-0.4, -0.2) is 27.2 Å². The topological polar surface area (TPSA) is 76.4 Å². The van der Waals surface area contributed by atoms with E-state index in [4.69, 9.17) is 5.11 Å². The van der Waals surface area contributed by atoms with Crippen molar-refractivity contribution in [3.05, 3.63) is 71.4 Å². The third-order valence-electron chi connectivity index (χ3n) is 4.13. The number of hydrogen-bond donors (Lipinski definition) is 1. The number of fused-ring (bicyclic) bond motifs is 1. The first-order valence-electron chi connectivity index (χ1n) is 7.88. The fourth-order valence-corrected chi connectivity index (χ4v) is 2.71. The van der Waals surface area contributed by atoms with Crippen molar-refractivity contribution < 1.29 is 19.5 Å². The Kier molecular flexibility index (Phi) is 4.48. The van der Waals surface area contributed by atoms with Crippen molar-refractivity contribution in [1.82, 2.24) is 4.57 Å². The molecule has 0 saturated carbocycles. The maximum absolute atomic E-state index is 12.1. The normalized spacial score (nSPS) is 10.8. The van der Waals surface area contributed by atoms with Gasteiger partial charge in [-0.2, -0.15) is 0 Å². The second-order valence-corrected chi connectivity index (χ2v) is 6.03. The molecule has 126 valence electrons. The number of carbonyl (C=O) groups excluding carboxylic acids is 2. The number of rotatable bonds is 6. The van der Waals surface area contributed by atoms with Gasteiger partial charge in [0.25, 0.3) is 0 Å². The molecular weight excluding hydrogens is 318 g/mol. The van der Waals surface area contributed by atoms with E-state index < -0.39 is 24.0 Å². The van der Waals surface area contributed by atoms with E-state index in [0.29, 0.717) is 12.1 Å². The van der Waals surface area contributed by atoms with Crippen LogP contribution in [0.3, 0.4) is 0 Å². The molecule has 5 heteroatoms. The van der Waals surface area contributed by atoms with Crippen LogP contribution in [0.2, 0.25) is 0 Å². The molecular formula is C20H17NO4. The van der Waals surface area contributed by atoms with Gasteiger partial charge in [0.15, 0.2) is 5.78 Å². The first-order valence-corrected chi connectivity index (χ1v) is 7.88. The number of ketones is 2. The number of carbonyl (C=O) groups is 3. The number of aliphatic carboxylic acids is 1. The van der Waals surface area contributed by atoms with E-state index in [0.717, 1.165) is 16.5 Å². The van der Waals surface area contributed by atoms with Crippen LogP contribution in [0, 0.1) is 6.92 Å². The molecule has 0 atom stereocenters. The minimum absolute atomic E-state index is 0.339. The molecule has 2 aromatic carbocycles. The minimum atomic E-state index is -1.59. The quantitative estimate of drug-likeness (QED) is 0.426. The second kappa shape index (κ2) is 6.73. The first-order chi connectivity index (χ1) is 11.9. The monoisotopic (exact) mass is 335 g/mol. The highest BCUT2D eigenvalue weighted by atomic mass is 16.4.